The second-order valence-electron chi connectivity index (χ2n) is 5.68. The lowest BCUT2D eigenvalue weighted by atomic mass is 9.85. The minimum absolute atomic E-state index is 0.183. The highest BCUT2D eigenvalue weighted by Gasteiger charge is 2.28. The van der Waals surface area contributed by atoms with Crippen molar-refractivity contribution >= 4 is 5.91 Å². The Morgan fingerprint density at radius 1 is 1.28 bits per heavy atom. The van der Waals surface area contributed by atoms with Gasteiger partial charge in [-0.15, -0.1) is 0 Å². The van der Waals surface area contributed by atoms with E-state index in [1.54, 1.807) is 0 Å². The van der Waals surface area contributed by atoms with E-state index in [0.717, 1.165) is 51.6 Å². The zero-order valence-electron chi connectivity index (χ0n) is 12.3. The Labute approximate surface area is 112 Å². The number of carbonyl (C=O) groups excluding carboxylic acids is 1. The number of nitrogens with two attached hydrogens (primary N) is 1. The van der Waals surface area contributed by atoms with Gasteiger partial charge in [0.05, 0.1) is 0 Å². The van der Waals surface area contributed by atoms with E-state index in [0.29, 0.717) is 11.8 Å². The van der Waals surface area contributed by atoms with Gasteiger partial charge in [0, 0.05) is 25.0 Å². The quantitative estimate of drug-likeness (QED) is 0.792. The largest absolute Gasteiger partial charge is 0.342 e. The molecule has 2 unspecified atom stereocenters. The van der Waals surface area contributed by atoms with Crippen molar-refractivity contribution in [3.8, 4) is 0 Å². The third-order valence-corrected chi connectivity index (χ3v) is 4.39. The lowest BCUT2D eigenvalue weighted by Gasteiger charge is -2.32. The molecule has 1 fully saturated rings. The van der Waals surface area contributed by atoms with E-state index in [2.05, 4.69) is 25.7 Å². The molecule has 1 amide bonds. The number of carbonyl (C=O) groups is 1. The fraction of sp³-hybridized carbons (Fsp3) is 0.933. The Hall–Kier alpha value is -0.570. The molecule has 0 heterocycles. The third-order valence-electron chi connectivity index (χ3n) is 4.39. The molecule has 1 saturated carbocycles. The lowest BCUT2D eigenvalue weighted by molar-refractivity contribution is -0.137. The molecule has 2 N–H and O–H groups in total. The highest BCUT2D eigenvalue weighted by atomic mass is 16.2. The van der Waals surface area contributed by atoms with Gasteiger partial charge in [0.25, 0.3) is 0 Å². The molecule has 3 heteroatoms. The molecule has 0 saturated heterocycles. The normalized spacial score (nSPS) is 24.3. The van der Waals surface area contributed by atoms with Crippen molar-refractivity contribution in [2.24, 2.45) is 17.6 Å². The molecule has 0 bridgehead atoms. The van der Waals surface area contributed by atoms with Crippen LogP contribution in [0.4, 0.5) is 0 Å². The van der Waals surface area contributed by atoms with E-state index in [4.69, 9.17) is 5.73 Å². The fourth-order valence-corrected chi connectivity index (χ4v) is 2.94. The van der Waals surface area contributed by atoms with Crippen LogP contribution in [0, 0.1) is 11.8 Å². The fourth-order valence-electron chi connectivity index (χ4n) is 2.94. The Kier molecular flexibility index (Phi) is 6.69. The second kappa shape index (κ2) is 7.78. The topological polar surface area (TPSA) is 46.3 Å². The number of rotatable bonds is 6. The molecular weight excluding hydrogens is 224 g/mol. The maximum atomic E-state index is 12.5. The standard InChI is InChI=1S/C15H30N2O/c1-4-12(5-2)11-17(6-3)15(18)13-8-7-9-14(16)10-13/h12-14H,4-11,16H2,1-3H3. The Morgan fingerprint density at radius 3 is 2.44 bits per heavy atom. The summed E-state index contributed by atoms with van der Waals surface area (Å²) in [6.07, 6.45) is 6.43. The first-order valence-electron chi connectivity index (χ1n) is 7.66. The van der Waals surface area contributed by atoms with Crippen LogP contribution in [0.15, 0.2) is 0 Å². The summed E-state index contributed by atoms with van der Waals surface area (Å²) in [6, 6.07) is 0.236. The van der Waals surface area contributed by atoms with Gasteiger partial charge in [-0.3, -0.25) is 4.79 Å². The first-order valence-corrected chi connectivity index (χ1v) is 7.66. The molecule has 0 radical (unpaired) electrons. The molecule has 1 rings (SSSR count). The molecule has 2 atom stereocenters. The van der Waals surface area contributed by atoms with Crippen LogP contribution in [-0.4, -0.2) is 29.9 Å². The number of nitrogens with zero attached hydrogens (tertiary/aromatic N) is 1. The predicted octanol–water partition coefficient (Wildman–Crippen LogP) is 2.79. The van der Waals surface area contributed by atoms with Crippen LogP contribution < -0.4 is 5.73 Å². The maximum Gasteiger partial charge on any atom is 0.225 e. The summed E-state index contributed by atoms with van der Waals surface area (Å²) in [5.41, 5.74) is 5.99. The van der Waals surface area contributed by atoms with Crippen LogP contribution in [0.1, 0.15) is 59.3 Å². The van der Waals surface area contributed by atoms with Gasteiger partial charge < -0.3 is 10.6 Å². The Morgan fingerprint density at radius 2 is 1.94 bits per heavy atom. The Bertz CT molecular complexity index is 251. The monoisotopic (exact) mass is 254 g/mol. The van der Waals surface area contributed by atoms with E-state index >= 15 is 0 Å². The van der Waals surface area contributed by atoms with Crippen molar-refractivity contribution in [2.45, 2.75) is 65.3 Å². The lowest BCUT2D eigenvalue weighted by Crippen LogP contribution is -2.42. The van der Waals surface area contributed by atoms with Crippen molar-refractivity contribution < 1.29 is 4.79 Å². The first kappa shape index (κ1) is 15.5. The predicted molar refractivity (Wildman–Crippen MR) is 76.3 cm³/mol. The first-order chi connectivity index (χ1) is 8.62. The molecule has 18 heavy (non-hydrogen) atoms. The smallest absolute Gasteiger partial charge is 0.225 e. The van der Waals surface area contributed by atoms with E-state index in [1.807, 2.05) is 0 Å². The SMILES string of the molecule is CCC(CC)CN(CC)C(=O)C1CCCC(N)C1. The van der Waals surface area contributed by atoms with Crippen LogP contribution >= 0.6 is 0 Å². The summed E-state index contributed by atoms with van der Waals surface area (Å²) in [5, 5.41) is 0. The van der Waals surface area contributed by atoms with Crippen LogP contribution in [-0.2, 0) is 4.79 Å². The van der Waals surface area contributed by atoms with Gasteiger partial charge >= 0.3 is 0 Å². The Balaban J connectivity index is 2.55. The summed E-state index contributed by atoms with van der Waals surface area (Å²) in [4.78, 5) is 14.6. The van der Waals surface area contributed by atoms with Gasteiger partial charge in [-0.2, -0.15) is 0 Å². The molecule has 0 aromatic carbocycles. The van der Waals surface area contributed by atoms with Gasteiger partial charge in [0.15, 0.2) is 0 Å². The van der Waals surface area contributed by atoms with Gasteiger partial charge in [-0.1, -0.05) is 33.1 Å². The second-order valence-corrected chi connectivity index (χ2v) is 5.68. The van der Waals surface area contributed by atoms with Gasteiger partial charge in [-0.05, 0) is 32.1 Å². The van der Waals surface area contributed by atoms with Gasteiger partial charge in [-0.25, -0.2) is 0 Å². The van der Waals surface area contributed by atoms with E-state index in [1.165, 1.54) is 0 Å². The average molecular weight is 254 g/mol. The van der Waals surface area contributed by atoms with E-state index < -0.39 is 0 Å². The average Bonchev–Trinajstić information content (AvgIpc) is 2.39. The number of hydrogen-bond donors (Lipinski definition) is 1. The van der Waals surface area contributed by atoms with Crippen LogP contribution in [0.3, 0.4) is 0 Å². The molecule has 3 nitrogen and oxygen atoms in total. The van der Waals surface area contributed by atoms with E-state index in [9.17, 15) is 4.79 Å². The highest BCUT2D eigenvalue weighted by Crippen LogP contribution is 2.25. The van der Waals surface area contributed by atoms with Gasteiger partial charge in [0.2, 0.25) is 5.91 Å². The summed E-state index contributed by atoms with van der Waals surface area (Å²) in [5.74, 6) is 1.17. The minimum atomic E-state index is 0.183. The maximum absolute atomic E-state index is 12.5. The summed E-state index contributed by atoms with van der Waals surface area (Å²) < 4.78 is 0. The molecule has 1 aliphatic carbocycles. The summed E-state index contributed by atoms with van der Waals surface area (Å²) in [6.45, 7) is 8.27. The van der Waals surface area contributed by atoms with E-state index in [-0.39, 0.29) is 12.0 Å². The number of hydrogen-bond acceptors (Lipinski definition) is 2. The van der Waals surface area contributed by atoms with Crippen LogP contribution in [0.5, 0.6) is 0 Å². The zero-order valence-corrected chi connectivity index (χ0v) is 12.3. The summed E-state index contributed by atoms with van der Waals surface area (Å²) >= 11 is 0. The van der Waals surface area contributed by atoms with Crippen molar-refractivity contribution in [3.63, 3.8) is 0 Å². The molecule has 0 spiro atoms. The van der Waals surface area contributed by atoms with Gasteiger partial charge in [0.1, 0.15) is 0 Å². The highest BCUT2D eigenvalue weighted by molar-refractivity contribution is 5.79. The van der Waals surface area contributed by atoms with Crippen molar-refractivity contribution in [3.05, 3.63) is 0 Å². The molecule has 0 aromatic rings. The van der Waals surface area contributed by atoms with Crippen molar-refractivity contribution in [2.75, 3.05) is 13.1 Å². The molecule has 106 valence electrons. The van der Waals surface area contributed by atoms with Crippen molar-refractivity contribution in [1.82, 2.24) is 4.90 Å². The number of amides is 1. The minimum Gasteiger partial charge on any atom is -0.342 e. The zero-order chi connectivity index (χ0) is 13.5. The third kappa shape index (κ3) is 4.27. The van der Waals surface area contributed by atoms with Crippen LogP contribution in [0.2, 0.25) is 0 Å². The summed E-state index contributed by atoms with van der Waals surface area (Å²) in [7, 11) is 0. The molecule has 0 aromatic heterocycles. The van der Waals surface area contributed by atoms with Crippen molar-refractivity contribution in [1.29, 1.82) is 0 Å². The molecule has 1 aliphatic rings. The molecular formula is C15H30N2O. The van der Waals surface area contributed by atoms with Crippen LogP contribution in [0.25, 0.3) is 0 Å². The molecule has 0 aliphatic heterocycles.